The van der Waals surface area contributed by atoms with Crippen LogP contribution in [0.4, 0.5) is 0 Å². The van der Waals surface area contributed by atoms with Crippen LogP contribution in [-0.4, -0.2) is 44.3 Å². The van der Waals surface area contributed by atoms with Crippen molar-refractivity contribution in [2.45, 2.75) is 20.4 Å². The minimum atomic E-state index is 0.148. The number of halogens is 1. The van der Waals surface area contributed by atoms with Crippen LogP contribution in [0, 0.1) is 5.41 Å². The van der Waals surface area contributed by atoms with Gasteiger partial charge in [-0.25, -0.2) is 0 Å². The fourth-order valence-corrected chi connectivity index (χ4v) is 2.60. The lowest BCUT2D eigenvalue weighted by Crippen LogP contribution is -2.37. The Morgan fingerprint density at radius 3 is 2.55 bits per heavy atom. The normalized spacial score (nSPS) is 11.9. The summed E-state index contributed by atoms with van der Waals surface area (Å²) in [6.45, 7) is 6.81. The number of nitrogens with zero attached hydrogens (tertiary/aromatic N) is 1. The van der Waals surface area contributed by atoms with E-state index in [0.29, 0.717) is 17.3 Å². The van der Waals surface area contributed by atoms with E-state index in [-0.39, 0.29) is 11.2 Å². The molecule has 0 bridgehead atoms. The number of nitrogens with one attached hydrogen (secondary N) is 1. The highest BCUT2D eigenvalue weighted by molar-refractivity contribution is 6.30. The molecule has 2 N–H and O–H groups in total. The molecular weight excluding hydrogens is 276 g/mol. The van der Waals surface area contributed by atoms with Crippen molar-refractivity contribution in [3.05, 3.63) is 22.7 Å². The molecule has 0 amide bonds. The third-order valence-electron chi connectivity index (χ3n) is 3.00. The van der Waals surface area contributed by atoms with Gasteiger partial charge >= 0.3 is 0 Å². The van der Waals surface area contributed by atoms with Crippen LogP contribution in [0.5, 0.6) is 11.5 Å². The zero-order valence-corrected chi connectivity index (χ0v) is 13.7. The van der Waals surface area contributed by atoms with Gasteiger partial charge in [-0.1, -0.05) is 25.4 Å². The maximum Gasteiger partial charge on any atom is 0.162 e. The summed E-state index contributed by atoms with van der Waals surface area (Å²) in [6, 6.07) is 3.36. The average Bonchev–Trinajstić information content (AvgIpc) is 2.31. The van der Waals surface area contributed by atoms with Crippen molar-refractivity contribution in [1.29, 1.82) is 0 Å². The fourth-order valence-electron chi connectivity index (χ4n) is 2.37. The smallest absolute Gasteiger partial charge is 0.162 e. The van der Waals surface area contributed by atoms with Crippen LogP contribution in [0.15, 0.2) is 12.1 Å². The highest BCUT2D eigenvalue weighted by Crippen LogP contribution is 2.33. The van der Waals surface area contributed by atoms with Crippen LogP contribution in [0.25, 0.3) is 0 Å². The Morgan fingerprint density at radius 1 is 1.35 bits per heavy atom. The van der Waals surface area contributed by atoms with E-state index < -0.39 is 0 Å². The van der Waals surface area contributed by atoms with Crippen LogP contribution in [0.1, 0.15) is 19.4 Å². The van der Waals surface area contributed by atoms with E-state index in [9.17, 15) is 5.11 Å². The second-order valence-corrected chi connectivity index (χ2v) is 6.56. The lowest BCUT2D eigenvalue weighted by molar-refractivity contribution is 0.232. The Morgan fingerprint density at radius 2 is 2.00 bits per heavy atom. The van der Waals surface area contributed by atoms with Gasteiger partial charge in [-0.05, 0) is 25.6 Å². The topological polar surface area (TPSA) is 44.7 Å². The van der Waals surface area contributed by atoms with Gasteiger partial charge in [0.25, 0.3) is 0 Å². The first-order valence-corrected chi connectivity index (χ1v) is 7.04. The second kappa shape index (κ2) is 7.16. The van der Waals surface area contributed by atoms with Crippen LogP contribution >= 0.6 is 11.6 Å². The molecule has 114 valence electrons. The molecule has 0 radical (unpaired) electrons. The number of benzene rings is 1. The first-order valence-electron chi connectivity index (χ1n) is 6.66. The van der Waals surface area contributed by atoms with Crippen molar-refractivity contribution in [3.8, 4) is 11.5 Å². The van der Waals surface area contributed by atoms with E-state index in [1.165, 1.54) is 7.11 Å². The third-order valence-corrected chi connectivity index (χ3v) is 3.22. The molecule has 0 aliphatic carbocycles. The summed E-state index contributed by atoms with van der Waals surface area (Å²) in [7, 11) is 5.65. The molecule has 0 spiro atoms. The minimum absolute atomic E-state index is 0.148. The highest BCUT2D eigenvalue weighted by Gasteiger charge is 2.18. The van der Waals surface area contributed by atoms with E-state index >= 15 is 0 Å². The summed E-state index contributed by atoms with van der Waals surface area (Å²) in [5, 5.41) is 14.0. The van der Waals surface area contributed by atoms with E-state index in [1.807, 2.05) is 0 Å². The number of methoxy groups -OCH3 is 1. The molecule has 1 aromatic carbocycles. The molecule has 1 aromatic rings. The highest BCUT2D eigenvalue weighted by atomic mass is 35.5. The Kier molecular flexibility index (Phi) is 6.11. The van der Waals surface area contributed by atoms with E-state index in [4.69, 9.17) is 16.3 Å². The van der Waals surface area contributed by atoms with Gasteiger partial charge in [0.2, 0.25) is 0 Å². The van der Waals surface area contributed by atoms with Crippen molar-refractivity contribution >= 4 is 11.6 Å². The third kappa shape index (κ3) is 5.19. The molecule has 1 rings (SSSR count). The number of phenolic OH excluding ortho intramolecular Hbond substituents is 1. The number of hydrogen-bond donors (Lipinski definition) is 2. The van der Waals surface area contributed by atoms with E-state index in [2.05, 4.69) is 38.2 Å². The lowest BCUT2D eigenvalue weighted by atomic mass is 9.93. The van der Waals surface area contributed by atoms with Gasteiger partial charge in [-0.15, -0.1) is 0 Å². The molecule has 0 aliphatic heterocycles. The number of aromatic hydroxyl groups is 1. The number of ether oxygens (including phenoxy) is 1. The van der Waals surface area contributed by atoms with Crippen LogP contribution in [0.2, 0.25) is 5.02 Å². The van der Waals surface area contributed by atoms with Crippen LogP contribution in [0.3, 0.4) is 0 Å². The molecule has 0 saturated heterocycles. The molecule has 20 heavy (non-hydrogen) atoms. The van der Waals surface area contributed by atoms with Crippen molar-refractivity contribution in [2.24, 2.45) is 5.41 Å². The van der Waals surface area contributed by atoms with Crippen molar-refractivity contribution in [2.75, 3.05) is 34.3 Å². The molecule has 0 atom stereocenters. The molecule has 4 nitrogen and oxygen atoms in total. The molecule has 0 heterocycles. The standard InChI is InChI=1S/C15H25ClN2O2/c1-15(2,10-18(3)4)9-17-8-11-6-12(16)7-13(20-5)14(11)19/h6-7,17,19H,8-10H2,1-5H3. The van der Waals surface area contributed by atoms with E-state index in [1.54, 1.807) is 12.1 Å². The first kappa shape index (κ1) is 17.1. The molecule has 0 aromatic heterocycles. The Labute approximate surface area is 126 Å². The van der Waals surface area contributed by atoms with Gasteiger partial charge in [0.05, 0.1) is 7.11 Å². The average molecular weight is 301 g/mol. The summed E-state index contributed by atoms with van der Waals surface area (Å²) in [6.07, 6.45) is 0. The minimum Gasteiger partial charge on any atom is -0.504 e. The summed E-state index contributed by atoms with van der Waals surface area (Å²) >= 11 is 6.01. The number of hydrogen-bond acceptors (Lipinski definition) is 4. The summed E-state index contributed by atoms with van der Waals surface area (Å²) < 4.78 is 5.10. The lowest BCUT2D eigenvalue weighted by Gasteiger charge is -2.28. The van der Waals surface area contributed by atoms with Gasteiger partial charge < -0.3 is 20.1 Å². The van der Waals surface area contributed by atoms with Crippen LogP contribution < -0.4 is 10.1 Å². The SMILES string of the molecule is COc1cc(Cl)cc(CNCC(C)(C)CN(C)C)c1O. The van der Waals surface area contributed by atoms with Crippen molar-refractivity contribution in [3.63, 3.8) is 0 Å². The van der Waals surface area contributed by atoms with Crippen LogP contribution in [-0.2, 0) is 6.54 Å². The zero-order chi connectivity index (χ0) is 15.3. The molecular formula is C15H25ClN2O2. The first-order chi connectivity index (χ1) is 9.25. The monoisotopic (exact) mass is 300 g/mol. The second-order valence-electron chi connectivity index (χ2n) is 6.12. The molecule has 0 unspecified atom stereocenters. The van der Waals surface area contributed by atoms with E-state index in [0.717, 1.165) is 18.7 Å². The Bertz CT molecular complexity index is 448. The summed E-state index contributed by atoms with van der Waals surface area (Å²) in [4.78, 5) is 2.17. The molecule has 0 aliphatic rings. The van der Waals surface area contributed by atoms with Gasteiger partial charge in [0.15, 0.2) is 11.5 Å². The summed E-state index contributed by atoms with van der Waals surface area (Å²) in [5.74, 6) is 0.552. The Hall–Kier alpha value is -0.970. The maximum absolute atomic E-state index is 10.1. The quantitative estimate of drug-likeness (QED) is 0.813. The van der Waals surface area contributed by atoms with Gasteiger partial charge in [-0.3, -0.25) is 0 Å². The van der Waals surface area contributed by atoms with Crippen molar-refractivity contribution in [1.82, 2.24) is 10.2 Å². The fraction of sp³-hybridized carbons (Fsp3) is 0.600. The predicted octanol–water partition coefficient (Wildman–Crippen LogP) is 2.73. The molecule has 0 fully saturated rings. The maximum atomic E-state index is 10.1. The zero-order valence-electron chi connectivity index (χ0n) is 13.0. The van der Waals surface area contributed by atoms with Gasteiger partial charge in [0, 0.05) is 36.3 Å². The van der Waals surface area contributed by atoms with Gasteiger partial charge in [-0.2, -0.15) is 0 Å². The summed E-state index contributed by atoms with van der Waals surface area (Å²) in [5.41, 5.74) is 0.900. The molecule has 5 heteroatoms. The van der Waals surface area contributed by atoms with Gasteiger partial charge in [0.1, 0.15) is 0 Å². The largest absolute Gasteiger partial charge is 0.504 e. The Balaban J connectivity index is 2.64. The number of rotatable bonds is 7. The molecule has 0 saturated carbocycles. The predicted molar refractivity (Wildman–Crippen MR) is 83.7 cm³/mol. The number of phenols is 1. The van der Waals surface area contributed by atoms with Crippen molar-refractivity contribution < 1.29 is 9.84 Å².